The van der Waals surface area contributed by atoms with E-state index in [1.54, 1.807) is 12.2 Å². The second kappa shape index (κ2) is 9.18. The van der Waals surface area contributed by atoms with Crippen LogP contribution in [0.3, 0.4) is 0 Å². The van der Waals surface area contributed by atoms with Gasteiger partial charge in [0, 0.05) is 23.3 Å². The molecule has 0 aliphatic heterocycles. The van der Waals surface area contributed by atoms with Gasteiger partial charge in [-0.3, -0.25) is 0 Å². The maximum Gasteiger partial charge on any atom is 0.123 e. The van der Waals surface area contributed by atoms with Gasteiger partial charge in [-0.05, 0) is 63.8 Å². The fraction of sp³-hybridized carbons (Fsp3) is 0.250. The summed E-state index contributed by atoms with van der Waals surface area (Å²) in [4.78, 5) is 0. The summed E-state index contributed by atoms with van der Waals surface area (Å²) >= 11 is 0. The number of benzene rings is 2. The zero-order chi connectivity index (χ0) is 20.8. The summed E-state index contributed by atoms with van der Waals surface area (Å²) in [6, 6.07) is 5.71. The van der Waals surface area contributed by atoms with Gasteiger partial charge in [0.2, 0.25) is 0 Å². The van der Waals surface area contributed by atoms with E-state index in [2.05, 4.69) is 0 Å². The van der Waals surface area contributed by atoms with Crippen molar-refractivity contribution in [3.05, 3.63) is 69.8 Å². The van der Waals surface area contributed by atoms with Crippen molar-refractivity contribution in [3.8, 4) is 23.0 Å². The predicted octanol–water partition coefficient (Wildman–Crippen LogP) is 5.70. The molecule has 0 radical (unpaired) electrons. The molecule has 4 heteroatoms. The highest BCUT2D eigenvalue weighted by molar-refractivity contribution is 5.77. The number of aromatic hydroxyl groups is 4. The standard InChI is InChI=1S/C24H28O4/c1-15(2)5-8-21-20(10-7-17-11-18(25)13-19(26)12-17)22(9-6-16(3)4)24(28)14-23(21)27/h5-7,10-14,25-28H,8-9H2,1-4H3. The molecule has 28 heavy (non-hydrogen) atoms. The molecule has 2 aromatic carbocycles. The van der Waals surface area contributed by atoms with Gasteiger partial charge in [-0.15, -0.1) is 0 Å². The molecule has 148 valence electrons. The van der Waals surface area contributed by atoms with Crippen LogP contribution in [0, 0.1) is 0 Å². The van der Waals surface area contributed by atoms with Gasteiger partial charge >= 0.3 is 0 Å². The number of allylic oxidation sites excluding steroid dienone is 4. The van der Waals surface area contributed by atoms with E-state index >= 15 is 0 Å². The Labute approximate surface area is 166 Å². The normalized spacial score (nSPS) is 10.9. The lowest BCUT2D eigenvalue weighted by Gasteiger charge is -2.15. The Morgan fingerprint density at radius 3 is 1.57 bits per heavy atom. The lowest BCUT2D eigenvalue weighted by Crippen LogP contribution is -1.97. The van der Waals surface area contributed by atoms with E-state index in [0.29, 0.717) is 18.4 Å². The summed E-state index contributed by atoms with van der Waals surface area (Å²) in [5.74, 6) is 0.00424. The van der Waals surface area contributed by atoms with E-state index in [0.717, 1.165) is 27.8 Å². The maximum absolute atomic E-state index is 10.5. The molecule has 0 saturated heterocycles. The van der Waals surface area contributed by atoms with Crippen LogP contribution in [0.4, 0.5) is 0 Å². The number of hydrogen-bond acceptors (Lipinski definition) is 4. The third-order valence-electron chi connectivity index (χ3n) is 4.34. The lowest BCUT2D eigenvalue weighted by molar-refractivity contribution is 0.443. The van der Waals surface area contributed by atoms with Crippen LogP contribution in [-0.4, -0.2) is 20.4 Å². The van der Waals surface area contributed by atoms with Gasteiger partial charge in [0.25, 0.3) is 0 Å². The molecule has 4 nitrogen and oxygen atoms in total. The second-order valence-corrected chi connectivity index (χ2v) is 7.37. The van der Waals surface area contributed by atoms with Crippen LogP contribution in [0.2, 0.25) is 0 Å². The average molecular weight is 380 g/mol. The molecule has 0 aliphatic rings. The quantitative estimate of drug-likeness (QED) is 0.383. The Balaban J connectivity index is 2.62. The molecule has 0 amide bonds. The van der Waals surface area contributed by atoms with Crippen LogP contribution >= 0.6 is 0 Å². The predicted molar refractivity (Wildman–Crippen MR) is 115 cm³/mol. The molecular formula is C24H28O4. The molecular weight excluding hydrogens is 352 g/mol. The van der Waals surface area contributed by atoms with Crippen molar-refractivity contribution in [2.24, 2.45) is 0 Å². The van der Waals surface area contributed by atoms with E-state index in [-0.39, 0.29) is 23.0 Å². The van der Waals surface area contributed by atoms with Crippen LogP contribution in [0.1, 0.15) is 49.9 Å². The summed E-state index contributed by atoms with van der Waals surface area (Å²) < 4.78 is 0. The van der Waals surface area contributed by atoms with Crippen LogP contribution < -0.4 is 0 Å². The Hall–Kier alpha value is -3.14. The number of rotatable bonds is 6. The van der Waals surface area contributed by atoms with E-state index in [9.17, 15) is 20.4 Å². The number of hydrogen-bond donors (Lipinski definition) is 4. The molecule has 0 aromatic heterocycles. The Morgan fingerprint density at radius 1 is 0.679 bits per heavy atom. The molecule has 4 N–H and O–H groups in total. The molecule has 0 fully saturated rings. The van der Waals surface area contributed by atoms with Crippen molar-refractivity contribution in [2.75, 3.05) is 0 Å². The zero-order valence-corrected chi connectivity index (χ0v) is 16.8. The van der Waals surface area contributed by atoms with Crippen molar-refractivity contribution in [1.29, 1.82) is 0 Å². The summed E-state index contributed by atoms with van der Waals surface area (Å²) in [6.45, 7) is 7.97. The minimum absolute atomic E-state index is 0.0343. The molecule has 0 unspecified atom stereocenters. The smallest absolute Gasteiger partial charge is 0.123 e. The zero-order valence-electron chi connectivity index (χ0n) is 16.8. The maximum atomic E-state index is 10.5. The van der Waals surface area contributed by atoms with E-state index in [1.807, 2.05) is 39.8 Å². The molecule has 2 aromatic rings. The third kappa shape index (κ3) is 5.68. The highest BCUT2D eigenvalue weighted by Gasteiger charge is 2.15. The molecule has 0 aliphatic carbocycles. The number of phenolic OH excluding ortho intramolecular Hbond substituents is 4. The largest absolute Gasteiger partial charge is 0.508 e. The SMILES string of the molecule is CC(C)=CCc1c(O)cc(O)c(CC=C(C)C)c1C=Cc1cc(O)cc(O)c1. The Bertz CT molecular complexity index is 877. The summed E-state index contributed by atoms with van der Waals surface area (Å²) in [6.07, 6.45) is 8.65. The summed E-state index contributed by atoms with van der Waals surface area (Å²) in [7, 11) is 0. The fourth-order valence-electron chi connectivity index (χ4n) is 2.90. The minimum Gasteiger partial charge on any atom is -0.508 e. The minimum atomic E-state index is -0.0343. The molecule has 0 heterocycles. The fourth-order valence-corrected chi connectivity index (χ4v) is 2.90. The van der Waals surface area contributed by atoms with Crippen molar-refractivity contribution in [1.82, 2.24) is 0 Å². The van der Waals surface area contributed by atoms with Gasteiger partial charge in [-0.25, -0.2) is 0 Å². The van der Waals surface area contributed by atoms with Gasteiger partial charge in [0.1, 0.15) is 23.0 Å². The van der Waals surface area contributed by atoms with E-state index < -0.39 is 0 Å². The Morgan fingerprint density at radius 2 is 1.14 bits per heavy atom. The van der Waals surface area contributed by atoms with Crippen molar-refractivity contribution in [3.63, 3.8) is 0 Å². The first kappa shape index (κ1) is 21.2. The van der Waals surface area contributed by atoms with Crippen LogP contribution in [0.15, 0.2) is 47.6 Å². The highest BCUT2D eigenvalue weighted by atomic mass is 16.3. The first-order valence-corrected chi connectivity index (χ1v) is 9.22. The van der Waals surface area contributed by atoms with Gasteiger partial charge in [-0.1, -0.05) is 35.5 Å². The first-order chi connectivity index (χ1) is 13.2. The van der Waals surface area contributed by atoms with Crippen LogP contribution in [0.25, 0.3) is 12.2 Å². The van der Waals surface area contributed by atoms with Gasteiger partial charge in [0.15, 0.2) is 0 Å². The van der Waals surface area contributed by atoms with Crippen molar-refractivity contribution >= 4 is 12.2 Å². The summed E-state index contributed by atoms with van der Waals surface area (Å²) in [5.41, 5.74) is 5.04. The topological polar surface area (TPSA) is 80.9 Å². The third-order valence-corrected chi connectivity index (χ3v) is 4.34. The molecule has 0 saturated carbocycles. The van der Waals surface area contributed by atoms with Gasteiger partial charge in [-0.2, -0.15) is 0 Å². The van der Waals surface area contributed by atoms with E-state index in [1.165, 1.54) is 24.3 Å². The molecule has 0 bridgehead atoms. The second-order valence-electron chi connectivity index (χ2n) is 7.37. The Kier molecular flexibility index (Phi) is 6.94. The van der Waals surface area contributed by atoms with Crippen molar-refractivity contribution < 1.29 is 20.4 Å². The molecule has 2 rings (SSSR count). The van der Waals surface area contributed by atoms with Gasteiger partial charge < -0.3 is 20.4 Å². The monoisotopic (exact) mass is 380 g/mol. The molecule has 0 spiro atoms. The van der Waals surface area contributed by atoms with Crippen LogP contribution in [-0.2, 0) is 12.8 Å². The summed E-state index contributed by atoms with van der Waals surface area (Å²) in [5, 5.41) is 40.3. The number of phenols is 4. The lowest BCUT2D eigenvalue weighted by atomic mass is 9.93. The van der Waals surface area contributed by atoms with Crippen molar-refractivity contribution in [2.45, 2.75) is 40.5 Å². The average Bonchev–Trinajstić information content (AvgIpc) is 2.57. The first-order valence-electron chi connectivity index (χ1n) is 9.22. The van der Waals surface area contributed by atoms with Crippen LogP contribution in [0.5, 0.6) is 23.0 Å². The highest BCUT2D eigenvalue weighted by Crippen LogP contribution is 2.35. The molecule has 0 atom stereocenters. The van der Waals surface area contributed by atoms with Gasteiger partial charge in [0.05, 0.1) is 0 Å². The van der Waals surface area contributed by atoms with E-state index in [4.69, 9.17) is 0 Å².